The maximum Gasteiger partial charge on any atom is 0.0556 e. The standard InChI is InChI=1S/C14H27N3/c1-5-10-15-14(12(6-2)7-3)13-9-11-16-17(13)8-4/h9,11-12,14-15H,5-8,10H2,1-4H3. The van der Waals surface area contributed by atoms with E-state index in [4.69, 9.17) is 0 Å². The van der Waals surface area contributed by atoms with Crippen molar-refractivity contribution in [3.8, 4) is 0 Å². The molecule has 0 aliphatic rings. The molecule has 1 N–H and O–H groups in total. The van der Waals surface area contributed by atoms with Crippen LogP contribution in [0, 0.1) is 5.92 Å². The van der Waals surface area contributed by atoms with E-state index in [-0.39, 0.29) is 0 Å². The van der Waals surface area contributed by atoms with Gasteiger partial charge in [0, 0.05) is 12.7 Å². The Morgan fingerprint density at radius 1 is 1.24 bits per heavy atom. The third-order valence-electron chi connectivity index (χ3n) is 3.50. The van der Waals surface area contributed by atoms with E-state index in [1.54, 1.807) is 0 Å². The average Bonchev–Trinajstić information content (AvgIpc) is 2.82. The molecule has 1 aromatic rings. The van der Waals surface area contributed by atoms with Gasteiger partial charge >= 0.3 is 0 Å². The molecule has 0 saturated heterocycles. The molecule has 1 unspecified atom stereocenters. The first-order valence-corrected chi connectivity index (χ1v) is 7.03. The molecule has 0 saturated carbocycles. The highest BCUT2D eigenvalue weighted by atomic mass is 15.3. The van der Waals surface area contributed by atoms with Gasteiger partial charge in [-0.05, 0) is 31.9 Å². The fraction of sp³-hybridized carbons (Fsp3) is 0.786. The molecule has 0 radical (unpaired) electrons. The SMILES string of the molecule is CCCNC(c1ccnn1CC)C(CC)CC. The topological polar surface area (TPSA) is 29.9 Å². The van der Waals surface area contributed by atoms with E-state index < -0.39 is 0 Å². The lowest BCUT2D eigenvalue weighted by Crippen LogP contribution is -2.30. The van der Waals surface area contributed by atoms with Crippen molar-refractivity contribution in [2.24, 2.45) is 5.92 Å². The van der Waals surface area contributed by atoms with Gasteiger partial charge in [0.1, 0.15) is 0 Å². The second-order valence-electron chi connectivity index (χ2n) is 4.58. The van der Waals surface area contributed by atoms with Gasteiger partial charge in [0.2, 0.25) is 0 Å². The normalized spacial score (nSPS) is 13.2. The highest BCUT2D eigenvalue weighted by molar-refractivity contribution is 5.08. The molecule has 1 atom stereocenters. The predicted octanol–water partition coefficient (Wildman–Crippen LogP) is 3.38. The van der Waals surface area contributed by atoms with Gasteiger partial charge in [0.15, 0.2) is 0 Å². The minimum absolute atomic E-state index is 0.451. The smallest absolute Gasteiger partial charge is 0.0556 e. The van der Waals surface area contributed by atoms with Crippen molar-refractivity contribution >= 4 is 0 Å². The molecule has 0 spiro atoms. The summed E-state index contributed by atoms with van der Waals surface area (Å²) < 4.78 is 2.12. The Balaban J connectivity index is 2.88. The highest BCUT2D eigenvalue weighted by Crippen LogP contribution is 2.27. The van der Waals surface area contributed by atoms with Gasteiger partial charge in [-0.3, -0.25) is 4.68 Å². The summed E-state index contributed by atoms with van der Waals surface area (Å²) in [5, 5.41) is 8.08. The molecule has 3 nitrogen and oxygen atoms in total. The number of aromatic nitrogens is 2. The molecule has 0 aromatic carbocycles. The van der Waals surface area contributed by atoms with Gasteiger partial charge in [-0.25, -0.2) is 0 Å². The summed E-state index contributed by atoms with van der Waals surface area (Å²) in [6.45, 7) is 11.0. The van der Waals surface area contributed by atoms with E-state index in [1.807, 2.05) is 6.20 Å². The summed E-state index contributed by atoms with van der Waals surface area (Å²) in [5.41, 5.74) is 1.34. The molecular weight excluding hydrogens is 210 g/mol. The first-order chi connectivity index (χ1) is 8.28. The number of hydrogen-bond donors (Lipinski definition) is 1. The number of hydrogen-bond acceptors (Lipinski definition) is 2. The summed E-state index contributed by atoms with van der Waals surface area (Å²) in [5.74, 6) is 0.698. The van der Waals surface area contributed by atoms with E-state index in [1.165, 1.54) is 25.0 Å². The van der Waals surface area contributed by atoms with Crippen LogP contribution in [0.5, 0.6) is 0 Å². The zero-order chi connectivity index (χ0) is 12.7. The first-order valence-electron chi connectivity index (χ1n) is 7.03. The molecule has 0 aliphatic heterocycles. The summed E-state index contributed by atoms with van der Waals surface area (Å²) in [6, 6.07) is 2.61. The molecule has 1 aromatic heterocycles. The second kappa shape index (κ2) is 7.49. The number of nitrogens with one attached hydrogen (secondary N) is 1. The summed E-state index contributed by atoms with van der Waals surface area (Å²) in [4.78, 5) is 0. The molecule has 1 rings (SSSR count). The summed E-state index contributed by atoms with van der Waals surface area (Å²) >= 11 is 0. The Bertz CT molecular complexity index is 302. The van der Waals surface area contributed by atoms with Crippen LogP contribution in [0.1, 0.15) is 58.7 Å². The van der Waals surface area contributed by atoms with Gasteiger partial charge in [-0.15, -0.1) is 0 Å². The molecule has 0 amide bonds. The Labute approximate surface area is 106 Å². The van der Waals surface area contributed by atoms with E-state index in [2.05, 4.69) is 48.9 Å². The van der Waals surface area contributed by atoms with Crippen molar-refractivity contribution < 1.29 is 0 Å². The van der Waals surface area contributed by atoms with Gasteiger partial charge < -0.3 is 5.32 Å². The first kappa shape index (κ1) is 14.2. The van der Waals surface area contributed by atoms with Crippen molar-refractivity contribution in [1.82, 2.24) is 15.1 Å². The van der Waals surface area contributed by atoms with Crippen molar-refractivity contribution in [3.05, 3.63) is 18.0 Å². The Kier molecular flexibility index (Phi) is 6.27. The lowest BCUT2D eigenvalue weighted by molar-refractivity contribution is 0.323. The van der Waals surface area contributed by atoms with Crippen LogP contribution in [-0.2, 0) is 6.54 Å². The molecule has 98 valence electrons. The van der Waals surface area contributed by atoms with Crippen LogP contribution < -0.4 is 5.32 Å². The average molecular weight is 237 g/mol. The quantitative estimate of drug-likeness (QED) is 0.751. The van der Waals surface area contributed by atoms with E-state index in [0.29, 0.717) is 12.0 Å². The fourth-order valence-corrected chi connectivity index (χ4v) is 2.44. The van der Waals surface area contributed by atoms with Crippen LogP contribution in [0.3, 0.4) is 0 Å². The molecular formula is C14H27N3. The molecule has 17 heavy (non-hydrogen) atoms. The van der Waals surface area contributed by atoms with Crippen LogP contribution in [0.4, 0.5) is 0 Å². The number of rotatable bonds is 8. The van der Waals surface area contributed by atoms with E-state index in [9.17, 15) is 0 Å². The monoisotopic (exact) mass is 237 g/mol. The zero-order valence-electron chi connectivity index (χ0n) is 11.7. The van der Waals surface area contributed by atoms with Crippen molar-refractivity contribution in [1.29, 1.82) is 0 Å². The van der Waals surface area contributed by atoms with E-state index >= 15 is 0 Å². The Morgan fingerprint density at radius 2 is 1.94 bits per heavy atom. The lowest BCUT2D eigenvalue weighted by Gasteiger charge is -2.27. The molecule has 0 fully saturated rings. The second-order valence-corrected chi connectivity index (χ2v) is 4.58. The number of aryl methyl sites for hydroxylation is 1. The van der Waals surface area contributed by atoms with E-state index in [0.717, 1.165) is 13.1 Å². The van der Waals surface area contributed by atoms with Gasteiger partial charge in [0.25, 0.3) is 0 Å². The molecule has 0 aliphatic carbocycles. The largest absolute Gasteiger partial charge is 0.308 e. The Morgan fingerprint density at radius 3 is 2.47 bits per heavy atom. The summed E-state index contributed by atoms with van der Waals surface area (Å²) in [7, 11) is 0. The minimum Gasteiger partial charge on any atom is -0.308 e. The van der Waals surface area contributed by atoms with Crippen molar-refractivity contribution in [2.45, 2.75) is 59.5 Å². The van der Waals surface area contributed by atoms with Gasteiger partial charge in [0.05, 0.1) is 11.7 Å². The van der Waals surface area contributed by atoms with Crippen LogP contribution in [0.15, 0.2) is 12.3 Å². The highest BCUT2D eigenvalue weighted by Gasteiger charge is 2.22. The minimum atomic E-state index is 0.451. The lowest BCUT2D eigenvalue weighted by atomic mass is 9.91. The Hall–Kier alpha value is -0.830. The summed E-state index contributed by atoms with van der Waals surface area (Å²) in [6.07, 6.45) is 5.53. The van der Waals surface area contributed by atoms with Crippen molar-refractivity contribution in [3.63, 3.8) is 0 Å². The predicted molar refractivity (Wildman–Crippen MR) is 73.0 cm³/mol. The van der Waals surface area contributed by atoms with Gasteiger partial charge in [-0.2, -0.15) is 5.10 Å². The van der Waals surface area contributed by atoms with Crippen molar-refractivity contribution in [2.75, 3.05) is 6.54 Å². The van der Waals surface area contributed by atoms with Gasteiger partial charge in [-0.1, -0.05) is 33.6 Å². The van der Waals surface area contributed by atoms with Crippen LogP contribution >= 0.6 is 0 Å². The fourth-order valence-electron chi connectivity index (χ4n) is 2.44. The van der Waals surface area contributed by atoms with Crippen LogP contribution in [0.25, 0.3) is 0 Å². The maximum absolute atomic E-state index is 4.39. The zero-order valence-corrected chi connectivity index (χ0v) is 11.7. The third kappa shape index (κ3) is 3.56. The number of nitrogens with zero attached hydrogens (tertiary/aromatic N) is 2. The van der Waals surface area contributed by atoms with Crippen LogP contribution in [0.2, 0.25) is 0 Å². The molecule has 3 heteroatoms. The maximum atomic E-state index is 4.39. The molecule has 1 heterocycles. The van der Waals surface area contributed by atoms with Crippen LogP contribution in [-0.4, -0.2) is 16.3 Å². The molecule has 0 bridgehead atoms. The third-order valence-corrected chi connectivity index (χ3v) is 3.50.